The minimum absolute atomic E-state index is 0.369. The van der Waals surface area contributed by atoms with Gasteiger partial charge in [0, 0.05) is 15.8 Å². The molecular weight excluding hydrogens is 250 g/mol. The lowest BCUT2D eigenvalue weighted by atomic mass is 10.1. The van der Waals surface area contributed by atoms with Gasteiger partial charge in [0.15, 0.2) is 0 Å². The van der Waals surface area contributed by atoms with Gasteiger partial charge in [0.05, 0.1) is 0 Å². The van der Waals surface area contributed by atoms with Crippen molar-refractivity contribution >= 4 is 11.8 Å². The molecule has 100 valence electrons. The van der Waals surface area contributed by atoms with Crippen LogP contribution in [0.15, 0.2) is 52.3 Å². The monoisotopic (exact) mass is 271 g/mol. The van der Waals surface area contributed by atoms with E-state index in [1.165, 1.54) is 26.5 Å². The van der Waals surface area contributed by atoms with Crippen molar-refractivity contribution in [2.45, 2.75) is 36.6 Å². The number of hydrogen-bond donors (Lipinski definition) is 1. The van der Waals surface area contributed by atoms with Crippen molar-refractivity contribution in [3.8, 4) is 0 Å². The molecule has 0 saturated heterocycles. The fourth-order valence-electron chi connectivity index (χ4n) is 2.02. The van der Waals surface area contributed by atoms with Crippen LogP contribution >= 0.6 is 11.8 Å². The van der Waals surface area contributed by atoms with Gasteiger partial charge >= 0.3 is 0 Å². The van der Waals surface area contributed by atoms with Crippen LogP contribution in [-0.4, -0.2) is 7.05 Å². The van der Waals surface area contributed by atoms with E-state index in [0.29, 0.717) is 6.04 Å². The Kier molecular flexibility index (Phi) is 4.67. The molecule has 0 aliphatic heterocycles. The molecule has 2 rings (SSSR count). The molecule has 0 bridgehead atoms. The summed E-state index contributed by atoms with van der Waals surface area (Å²) in [6.45, 7) is 6.51. The fourth-order valence-corrected chi connectivity index (χ4v) is 3.24. The van der Waals surface area contributed by atoms with E-state index in [0.717, 1.165) is 0 Å². The smallest absolute Gasteiger partial charge is 0.0300 e. The summed E-state index contributed by atoms with van der Waals surface area (Å²) >= 11 is 1.86. The second-order valence-corrected chi connectivity index (χ2v) is 6.00. The molecule has 1 atom stereocenters. The van der Waals surface area contributed by atoms with Crippen LogP contribution in [0.4, 0.5) is 0 Å². The van der Waals surface area contributed by atoms with Crippen molar-refractivity contribution in [1.82, 2.24) is 5.32 Å². The van der Waals surface area contributed by atoms with Crippen LogP contribution < -0.4 is 5.32 Å². The molecular formula is C17H21NS. The van der Waals surface area contributed by atoms with E-state index in [-0.39, 0.29) is 0 Å². The molecule has 2 aromatic carbocycles. The predicted molar refractivity (Wildman–Crippen MR) is 84.0 cm³/mol. The summed E-state index contributed by atoms with van der Waals surface area (Å²) in [4.78, 5) is 2.67. The lowest BCUT2D eigenvalue weighted by Gasteiger charge is -2.16. The van der Waals surface area contributed by atoms with Gasteiger partial charge in [-0.05, 0) is 56.6 Å². The maximum Gasteiger partial charge on any atom is 0.0300 e. The highest BCUT2D eigenvalue weighted by Gasteiger charge is 2.10. The highest BCUT2D eigenvalue weighted by atomic mass is 32.2. The zero-order chi connectivity index (χ0) is 13.8. The number of benzene rings is 2. The predicted octanol–water partition coefficient (Wildman–Crippen LogP) is 4.74. The maximum absolute atomic E-state index is 3.32. The van der Waals surface area contributed by atoms with Crippen molar-refractivity contribution in [2.24, 2.45) is 0 Å². The third-order valence-electron chi connectivity index (χ3n) is 3.38. The summed E-state index contributed by atoms with van der Waals surface area (Å²) in [5, 5.41) is 3.32. The molecule has 2 aromatic rings. The van der Waals surface area contributed by atoms with E-state index >= 15 is 0 Å². The van der Waals surface area contributed by atoms with Crippen LogP contribution in [0.2, 0.25) is 0 Å². The van der Waals surface area contributed by atoms with Gasteiger partial charge in [0.25, 0.3) is 0 Å². The third kappa shape index (κ3) is 3.40. The van der Waals surface area contributed by atoms with Crippen LogP contribution in [0.5, 0.6) is 0 Å². The quantitative estimate of drug-likeness (QED) is 0.862. The first-order chi connectivity index (χ1) is 9.11. The van der Waals surface area contributed by atoms with Crippen molar-refractivity contribution in [3.05, 3.63) is 59.2 Å². The van der Waals surface area contributed by atoms with Gasteiger partial charge in [0.2, 0.25) is 0 Å². The van der Waals surface area contributed by atoms with Crippen molar-refractivity contribution < 1.29 is 0 Å². The average Bonchev–Trinajstić information content (AvgIpc) is 2.42. The lowest BCUT2D eigenvalue weighted by Crippen LogP contribution is -2.13. The first-order valence-electron chi connectivity index (χ1n) is 6.63. The Bertz CT molecular complexity index is 563. The first kappa shape index (κ1) is 14.2. The zero-order valence-electron chi connectivity index (χ0n) is 12.0. The molecule has 1 nitrogen and oxygen atoms in total. The Labute approximate surface area is 120 Å². The molecule has 0 heterocycles. The van der Waals surface area contributed by atoms with Crippen LogP contribution in [-0.2, 0) is 0 Å². The molecule has 19 heavy (non-hydrogen) atoms. The van der Waals surface area contributed by atoms with Gasteiger partial charge in [-0.2, -0.15) is 0 Å². The van der Waals surface area contributed by atoms with Crippen molar-refractivity contribution in [1.29, 1.82) is 0 Å². The second-order valence-electron chi connectivity index (χ2n) is 4.92. The fraction of sp³-hybridized carbons (Fsp3) is 0.294. The lowest BCUT2D eigenvalue weighted by molar-refractivity contribution is 0.641. The average molecular weight is 271 g/mol. The van der Waals surface area contributed by atoms with Gasteiger partial charge in [-0.15, -0.1) is 0 Å². The van der Waals surface area contributed by atoms with Crippen molar-refractivity contribution in [3.63, 3.8) is 0 Å². The van der Waals surface area contributed by atoms with E-state index in [1.807, 2.05) is 18.8 Å². The van der Waals surface area contributed by atoms with E-state index in [2.05, 4.69) is 68.6 Å². The Balaban J connectivity index is 2.35. The topological polar surface area (TPSA) is 12.0 Å². The van der Waals surface area contributed by atoms with E-state index in [4.69, 9.17) is 0 Å². The Morgan fingerprint density at radius 1 is 1.00 bits per heavy atom. The molecule has 0 radical (unpaired) electrons. The maximum atomic E-state index is 3.32. The second kappa shape index (κ2) is 6.27. The van der Waals surface area contributed by atoms with Gasteiger partial charge in [-0.1, -0.05) is 42.1 Å². The summed E-state index contributed by atoms with van der Waals surface area (Å²) in [5.41, 5.74) is 4.01. The highest BCUT2D eigenvalue weighted by molar-refractivity contribution is 7.99. The number of rotatable bonds is 4. The van der Waals surface area contributed by atoms with E-state index < -0.39 is 0 Å². The molecule has 1 unspecified atom stereocenters. The minimum Gasteiger partial charge on any atom is -0.313 e. The molecule has 0 aliphatic rings. The summed E-state index contributed by atoms with van der Waals surface area (Å²) < 4.78 is 0. The molecule has 0 fully saturated rings. The van der Waals surface area contributed by atoms with Gasteiger partial charge < -0.3 is 5.32 Å². The SMILES string of the molecule is CNC(C)c1ccccc1Sc1cc(C)ccc1C. The summed E-state index contributed by atoms with van der Waals surface area (Å²) in [7, 11) is 2.00. The third-order valence-corrected chi connectivity index (χ3v) is 4.63. The van der Waals surface area contributed by atoms with Gasteiger partial charge in [-0.25, -0.2) is 0 Å². The molecule has 0 aromatic heterocycles. The van der Waals surface area contributed by atoms with Crippen LogP contribution in [0.25, 0.3) is 0 Å². The van der Waals surface area contributed by atoms with Gasteiger partial charge in [0.1, 0.15) is 0 Å². The highest BCUT2D eigenvalue weighted by Crippen LogP contribution is 2.35. The van der Waals surface area contributed by atoms with Gasteiger partial charge in [-0.3, -0.25) is 0 Å². The van der Waals surface area contributed by atoms with Crippen LogP contribution in [0, 0.1) is 13.8 Å². The molecule has 0 amide bonds. The van der Waals surface area contributed by atoms with Crippen LogP contribution in [0.1, 0.15) is 29.7 Å². The Morgan fingerprint density at radius 2 is 1.74 bits per heavy atom. The molecule has 2 heteroatoms. The molecule has 0 saturated carbocycles. The number of nitrogens with one attached hydrogen (secondary N) is 1. The standard InChI is InChI=1S/C17H21NS/c1-12-9-10-13(2)17(11-12)19-16-8-6-5-7-15(16)14(3)18-4/h5-11,14,18H,1-4H3. The summed E-state index contributed by atoms with van der Waals surface area (Å²) in [6, 6.07) is 15.6. The normalized spacial score (nSPS) is 12.4. The molecule has 1 N–H and O–H groups in total. The summed E-state index contributed by atoms with van der Waals surface area (Å²) in [5.74, 6) is 0. The Hall–Kier alpha value is -1.25. The first-order valence-corrected chi connectivity index (χ1v) is 7.44. The number of hydrogen-bond acceptors (Lipinski definition) is 2. The summed E-state index contributed by atoms with van der Waals surface area (Å²) in [6.07, 6.45) is 0. The molecule has 0 spiro atoms. The largest absolute Gasteiger partial charge is 0.313 e. The minimum atomic E-state index is 0.369. The van der Waals surface area contributed by atoms with E-state index in [9.17, 15) is 0 Å². The van der Waals surface area contributed by atoms with E-state index in [1.54, 1.807) is 0 Å². The van der Waals surface area contributed by atoms with Crippen LogP contribution in [0.3, 0.4) is 0 Å². The Morgan fingerprint density at radius 3 is 2.47 bits per heavy atom. The molecule has 0 aliphatic carbocycles. The van der Waals surface area contributed by atoms with Crippen molar-refractivity contribution in [2.75, 3.05) is 7.05 Å². The number of aryl methyl sites for hydroxylation is 2. The zero-order valence-corrected chi connectivity index (χ0v) is 12.8.